The van der Waals surface area contributed by atoms with Crippen molar-refractivity contribution in [2.75, 3.05) is 19.7 Å². The van der Waals surface area contributed by atoms with Gasteiger partial charge in [-0.15, -0.1) is 11.3 Å². The Morgan fingerprint density at radius 1 is 1.20 bits per heavy atom. The van der Waals surface area contributed by atoms with Gasteiger partial charge in [-0.05, 0) is 31.4 Å². The first-order valence-corrected chi connectivity index (χ1v) is 10.8. The van der Waals surface area contributed by atoms with E-state index in [0.29, 0.717) is 38.3 Å². The molecule has 0 atom stereocenters. The number of nitrogens with zero attached hydrogens (tertiary/aromatic N) is 3. The van der Waals surface area contributed by atoms with Crippen molar-refractivity contribution < 1.29 is 13.9 Å². The molecule has 0 N–H and O–H groups in total. The minimum Gasteiger partial charge on any atom is -0.456 e. The summed E-state index contributed by atoms with van der Waals surface area (Å²) in [6.45, 7) is 3.44. The Bertz CT molecular complexity index is 1150. The third kappa shape index (κ3) is 3.36. The number of ether oxygens (including phenoxy) is 1. The predicted octanol–water partition coefficient (Wildman–Crippen LogP) is 3.17. The molecule has 3 aromatic heterocycles. The summed E-state index contributed by atoms with van der Waals surface area (Å²) >= 11 is 1.75. The molecule has 0 bridgehead atoms. The Kier molecular flexibility index (Phi) is 4.75. The lowest BCUT2D eigenvalue weighted by Gasteiger charge is -2.43. The third-order valence-electron chi connectivity index (χ3n) is 5.78. The maximum atomic E-state index is 12.8. The number of amides is 1. The molecule has 0 aromatic carbocycles. The van der Waals surface area contributed by atoms with Crippen molar-refractivity contribution in [2.24, 2.45) is 0 Å². The summed E-state index contributed by atoms with van der Waals surface area (Å²) in [6.07, 6.45) is 7.45. The summed E-state index contributed by atoms with van der Waals surface area (Å²) in [4.78, 5) is 37.4. The predicted molar refractivity (Wildman–Crippen MR) is 112 cm³/mol. The fourth-order valence-corrected chi connectivity index (χ4v) is 5.51. The lowest BCUT2D eigenvalue weighted by atomic mass is 9.82. The van der Waals surface area contributed by atoms with E-state index in [9.17, 15) is 9.59 Å². The maximum absolute atomic E-state index is 12.8. The zero-order valence-corrected chi connectivity index (χ0v) is 17.4. The molecule has 1 fully saturated rings. The quantitative estimate of drug-likeness (QED) is 0.629. The summed E-state index contributed by atoms with van der Waals surface area (Å²) in [7, 11) is 0. The van der Waals surface area contributed by atoms with Gasteiger partial charge in [-0.1, -0.05) is 0 Å². The first-order valence-electron chi connectivity index (χ1n) is 9.99. The minimum absolute atomic E-state index is 0.0988. The number of hydrogen-bond acceptors (Lipinski definition) is 7. The van der Waals surface area contributed by atoms with Crippen molar-refractivity contribution in [1.82, 2.24) is 14.9 Å². The molecule has 30 heavy (non-hydrogen) atoms. The van der Waals surface area contributed by atoms with Crippen LogP contribution in [0.4, 0.5) is 0 Å². The van der Waals surface area contributed by atoms with Gasteiger partial charge in [0.25, 0.3) is 5.91 Å². The highest BCUT2D eigenvalue weighted by atomic mass is 32.1. The van der Waals surface area contributed by atoms with Crippen molar-refractivity contribution in [3.05, 3.63) is 69.0 Å². The minimum atomic E-state index is -0.380. The topological polar surface area (TPSA) is 85.5 Å². The van der Waals surface area contributed by atoms with Crippen LogP contribution in [-0.4, -0.2) is 40.5 Å². The van der Waals surface area contributed by atoms with Crippen LogP contribution in [0.1, 0.15) is 39.6 Å². The average molecular weight is 423 g/mol. The second-order valence-electron chi connectivity index (χ2n) is 7.69. The Morgan fingerprint density at radius 2 is 2.03 bits per heavy atom. The number of hydrogen-bond donors (Lipinski definition) is 0. The van der Waals surface area contributed by atoms with Gasteiger partial charge in [-0.2, -0.15) is 0 Å². The molecule has 2 aliphatic heterocycles. The largest absolute Gasteiger partial charge is 0.456 e. The molecular weight excluding hydrogens is 402 g/mol. The standard InChI is InChI=1S/C22H21N3O4S/c1-14-10-15(26)11-18(29-14)21(27)25-7-3-22(4-8-25)16-12-20(17-13-23-5-6-24-17)30-19(16)2-9-28-22/h5-6,10-13H,2-4,7-9H2,1H3. The zero-order chi connectivity index (χ0) is 20.7. The average Bonchev–Trinajstić information content (AvgIpc) is 3.20. The number of aromatic nitrogens is 2. The van der Waals surface area contributed by atoms with Gasteiger partial charge < -0.3 is 14.1 Å². The zero-order valence-electron chi connectivity index (χ0n) is 16.6. The molecule has 0 aliphatic carbocycles. The number of thiophene rings is 1. The van der Waals surface area contributed by atoms with Crippen molar-refractivity contribution in [3.63, 3.8) is 0 Å². The van der Waals surface area contributed by atoms with Gasteiger partial charge in [0.15, 0.2) is 11.2 Å². The van der Waals surface area contributed by atoms with Gasteiger partial charge in [0, 0.05) is 48.9 Å². The van der Waals surface area contributed by atoms with E-state index in [0.717, 1.165) is 17.0 Å². The van der Waals surface area contributed by atoms with E-state index in [4.69, 9.17) is 9.15 Å². The van der Waals surface area contributed by atoms with E-state index >= 15 is 0 Å². The van der Waals surface area contributed by atoms with Gasteiger partial charge in [0.1, 0.15) is 5.76 Å². The fraction of sp³-hybridized carbons (Fsp3) is 0.364. The van der Waals surface area contributed by atoms with Gasteiger partial charge in [-0.25, -0.2) is 0 Å². The van der Waals surface area contributed by atoms with Crippen molar-refractivity contribution >= 4 is 17.2 Å². The van der Waals surface area contributed by atoms with Crippen LogP contribution in [0.15, 0.2) is 46.0 Å². The van der Waals surface area contributed by atoms with E-state index in [1.54, 1.807) is 41.8 Å². The van der Waals surface area contributed by atoms with Gasteiger partial charge in [-0.3, -0.25) is 19.6 Å². The highest BCUT2D eigenvalue weighted by molar-refractivity contribution is 7.15. The Balaban J connectivity index is 1.38. The van der Waals surface area contributed by atoms with E-state index < -0.39 is 0 Å². The van der Waals surface area contributed by atoms with E-state index in [2.05, 4.69) is 16.0 Å². The number of carbonyl (C=O) groups excluding carboxylic acids is 1. The number of carbonyl (C=O) groups is 1. The Hall–Kier alpha value is -2.84. The number of rotatable bonds is 2. The number of piperidine rings is 1. The van der Waals surface area contributed by atoms with Crippen LogP contribution in [-0.2, 0) is 16.8 Å². The summed E-state index contributed by atoms with van der Waals surface area (Å²) in [6, 6.07) is 4.83. The summed E-state index contributed by atoms with van der Waals surface area (Å²) in [5, 5.41) is 0. The molecule has 1 amide bonds. The van der Waals surface area contributed by atoms with E-state index in [-0.39, 0.29) is 22.7 Å². The van der Waals surface area contributed by atoms with Crippen LogP contribution in [0, 0.1) is 6.92 Å². The normalized spacial score (nSPS) is 17.7. The molecule has 154 valence electrons. The first-order chi connectivity index (χ1) is 14.5. The van der Waals surface area contributed by atoms with Crippen LogP contribution in [0.5, 0.6) is 0 Å². The van der Waals surface area contributed by atoms with Crippen LogP contribution < -0.4 is 5.43 Å². The molecule has 0 saturated carbocycles. The molecule has 2 aliphatic rings. The maximum Gasteiger partial charge on any atom is 0.289 e. The lowest BCUT2D eigenvalue weighted by molar-refractivity contribution is -0.0928. The molecule has 7 nitrogen and oxygen atoms in total. The van der Waals surface area contributed by atoms with Gasteiger partial charge in [0.2, 0.25) is 0 Å². The summed E-state index contributed by atoms with van der Waals surface area (Å²) < 4.78 is 11.8. The fourth-order valence-electron chi connectivity index (χ4n) is 4.32. The second-order valence-corrected chi connectivity index (χ2v) is 8.83. The van der Waals surface area contributed by atoms with Gasteiger partial charge in [0.05, 0.1) is 29.0 Å². The number of fused-ring (bicyclic) bond motifs is 2. The second kappa shape index (κ2) is 7.45. The number of aryl methyl sites for hydroxylation is 1. The summed E-state index contributed by atoms with van der Waals surface area (Å²) in [5.41, 5.74) is 1.49. The highest BCUT2D eigenvalue weighted by Gasteiger charge is 2.43. The molecule has 0 radical (unpaired) electrons. The van der Waals surface area contributed by atoms with E-state index in [1.165, 1.54) is 22.6 Å². The first kappa shape index (κ1) is 19.1. The smallest absolute Gasteiger partial charge is 0.289 e. The monoisotopic (exact) mass is 423 g/mol. The van der Waals surface area contributed by atoms with Gasteiger partial charge >= 0.3 is 0 Å². The van der Waals surface area contributed by atoms with Crippen LogP contribution in [0.2, 0.25) is 0 Å². The Morgan fingerprint density at radius 3 is 2.77 bits per heavy atom. The molecule has 1 saturated heterocycles. The molecule has 1 spiro atoms. The molecule has 3 aromatic rings. The molecule has 8 heteroatoms. The van der Waals surface area contributed by atoms with Crippen molar-refractivity contribution in [1.29, 1.82) is 0 Å². The molecular formula is C22H21N3O4S. The van der Waals surface area contributed by atoms with Crippen LogP contribution >= 0.6 is 11.3 Å². The number of likely N-dealkylation sites (tertiary alicyclic amines) is 1. The SMILES string of the molecule is Cc1cc(=O)cc(C(=O)N2CCC3(CC2)OCCc2sc(-c4cnccn4)cc23)o1. The van der Waals surface area contributed by atoms with E-state index in [1.807, 2.05) is 0 Å². The van der Waals surface area contributed by atoms with Crippen LogP contribution in [0.25, 0.3) is 10.6 Å². The molecule has 5 heterocycles. The third-order valence-corrected chi connectivity index (χ3v) is 7.00. The summed E-state index contributed by atoms with van der Waals surface area (Å²) in [5.74, 6) is 0.295. The van der Waals surface area contributed by atoms with Crippen LogP contribution in [0.3, 0.4) is 0 Å². The molecule has 0 unspecified atom stereocenters. The molecule has 5 rings (SSSR count). The Labute approximate surface area is 177 Å². The lowest BCUT2D eigenvalue weighted by Crippen LogP contribution is -2.48. The van der Waals surface area contributed by atoms with Crippen molar-refractivity contribution in [2.45, 2.75) is 31.8 Å². The highest BCUT2D eigenvalue weighted by Crippen LogP contribution is 2.46. The van der Waals surface area contributed by atoms with Crippen molar-refractivity contribution in [3.8, 4) is 10.6 Å².